The van der Waals surface area contributed by atoms with Crippen LogP contribution >= 0.6 is 22.9 Å². The number of carbonyl (C=O) groups is 1. The van der Waals surface area contributed by atoms with Gasteiger partial charge in [-0.25, -0.2) is 13.2 Å². The average Bonchev–Trinajstić information content (AvgIpc) is 3.40. The number of oxime groups is 1. The second-order valence-electron chi connectivity index (χ2n) is 6.94. The normalized spacial score (nSPS) is 18.3. The molecule has 1 saturated heterocycles. The lowest BCUT2D eigenvalue weighted by Crippen LogP contribution is -2.46. The third kappa shape index (κ3) is 5.19. The molecule has 0 aliphatic carbocycles. The van der Waals surface area contributed by atoms with Crippen molar-refractivity contribution in [3.8, 4) is 0 Å². The maximum Gasteiger partial charge on any atom is 0.353 e. The molecule has 0 unspecified atom stereocenters. The number of halogens is 1. The number of carboxylic acids is 1. The highest BCUT2D eigenvalue weighted by molar-refractivity contribution is 7.89. The Labute approximate surface area is 183 Å². The Kier molecular flexibility index (Phi) is 7.14. The van der Waals surface area contributed by atoms with Crippen LogP contribution in [0, 0.1) is 0 Å². The van der Waals surface area contributed by atoms with E-state index in [-0.39, 0.29) is 30.1 Å². The highest BCUT2D eigenvalue weighted by atomic mass is 35.5. The minimum Gasteiger partial charge on any atom is -0.477 e. The fourth-order valence-corrected chi connectivity index (χ4v) is 5.38. The van der Waals surface area contributed by atoms with Gasteiger partial charge in [0.15, 0.2) is 5.71 Å². The van der Waals surface area contributed by atoms with Crippen molar-refractivity contribution < 1.29 is 23.2 Å². The van der Waals surface area contributed by atoms with Gasteiger partial charge in [-0.05, 0) is 35.7 Å². The molecule has 11 heteroatoms. The van der Waals surface area contributed by atoms with E-state index in [1.54, 1.807) is 11.3 Å². The van der Waals surface area contributed by atoms with Gasteiger partial charge in [0, 0.05) is 48.8 Å². The summed E-state index contributed by atoms with van der Waals surface area (Å²) in [5.41, 5.74) is 4.60. The number of piperidine rings is 1. The first kappa shape index (κ1) is 22.7. The molecule has 0 amide bonds. The summed E-state index contributed by atoms with van der Waals surface area (Å²) >= 11 is 7.48. The van der Waals surface area contributed by atoms with E-state index in [1.807, 2.05) is 17.5 Å². The molecule has 4 rings (SSSR count). The van der Waals surface area contributed by atoms with Crippen molar-refractivity contribution in [2.75, 3.05) is 13.1 Å². The number of hydrogen-bond donors (Lipinski definition) is 2. The molecular formula is C19H22ClN3O5S2. The van der Waals surface area contributed by atoms with Crippen LogP contribution in [-0.4, -0.2) is 48.2 Å². The second kappa shape index (κ2) is 9.44. The first-order chi connectivity index (χ1) is 14.3. The number of nitrogens with zero attached hydrogens (tertiary/aromatic N) is 2. The topological polar surface area (TPSA) is 122 Å². The molecular weight excluding hydrogens is 450 g/mol. The fraction of sp³-hybridized carbons (Fsp3) is 0.368. The van der Waals surface area contributed by atoms with Crippen molar-refractivity contribution in [1.29, 1.82) is 0 Å². The molecule has 162 valence electrons. The Morgan fingerprint density at radius 3 is 2.40 bits per heavy atom. The fourth-order valence-electron chi connectivity index (χ4n) is 3.22. The summed E-state index contributed by atoms with van der Waals surface area (Å²) < 4.78 is 26.6. The molecule has 30 heavy (non-hydrogen) atoms. The number of carboxylic acid groups (broad SMARTS) is 1. The molecule has 1 aromatic carbocycles. The number of hydrogen-bond acceptors (Lipinski definition) is 7. The number of benzene rings is 1. The first-order valence-corrected chi connectivity index (χ1v) is 11.9. The number of aliphatic carboxylic acids is 1. The van der Waals surface area contributed by atoms with Crippen molar-refractivity contribution in [2.24, 2.45) is 10.9 Å². The van der Waals surface area contributed by atoms with E-state index in [1.165, 1.54) is 33.4 Å². The molecule has 0 saturated carbocycles. The van der Waals surface area contributed by atoms with Crippen molar-refractivity contribution in [3.05, 3.63) is 51.7 Å². The van der Waals surface area contributed by atoms with Crippen LogP contribution in [0.15, 0.2) is 51.8 Å². The third-order valence-corrected chi connectivity index (χ3v) is 8.02. The van der Waals surface area contributed by atoms with Crippen LogP contribution in [-0.2, 0) is 26.2 Å². The smallest absolute Gasteiger partial charge is 0.353 e. The van der Waals surface area contributed by atoms with Gasteiger partial charge in [-0.3, -0.25) is 0 Å². The van der Waals surface area contributed by atoms with Gasteiger partial charge in [-0.2, -0.15) is 4.31 Å². The zero-order valence-electron chi connectivity index (χ0n) is 16.0. The van der Waals surface area contributed by atoms with Gasteiger partial charge in [-0.15, -0.1) is 11.3 Å². The van der Waals surface area contributed by atoms with E-state index >= 15 is 0 Å². The lowest BCUT2D eigenvalue weighted by molar-refractivity contribution is -0.129. The predicted molar refractivity (Wildman–Crippen MR) is 115 cm³/mol. The van der Waals surface area contributed by atoms with E-state index < -0.39 is 21.6 Å². The van der Waals surface area contributed by atoms with Crippen molar-refractivity contribution in [1.82, 2.24) is 4.31 Å². The van der Waals surface area contributed by atoms with E-state index in [4.69, 9.17) is 27.3 Å². The number of rotatable bonds is 4. The molecule has 1 spiro atoms. The van der Waals surface area contributed by atoms with Crippen LogP contribution < -0.4 is 5.73 Å². The van der Waals surface area contributed by atoms with E-state index in [0.717, 1.165) is 0 Å². The van der Waals surface area contributed by atoms with Gasteiger partial charge >= 0.3 is 5.97 Å². The highest BCUT2D eigenvalue weighted by Crippen LogP contribution is 2.36. The molecule has 1 aromatic heterocycles. The van der Waals surface area contributed by atoms with Crippen LogP contribution in [0.2, 0.25) is 5.02 Å². The minimum atomic E-state index is -3.59. The summed E-state index contributed by atoms with van der Waals surface area (Å²) in [5, 5.41) is 15.1. The number of nitrogens with two attached hydrogens (primary N) is 1. The van der Waals surface area contributed by atoms with Gasteiger partial charge in [0.1, 0.15) is 5.60 Å². The van der Waals surface area contributed by atoms with Crippen LogP contribution in [0.4, 0.5) is 0 Å². The molecule has 2 aliphatic rings. The Bertz CT molecular complexity index is 999. The number of thiophene rings is 1. The quantitative estimate of drug-likeness (QED) is 0.706. The van der Waals surface area contributed by atoms with Crippen LogP contribution in [0.3, 0.4) is 0 Å². The SMILES string of the molecule is NCc1cccs1.O=C(O)C1=NOC2(CCN(S(=O)(=O)c3ccc(Cl)cc3)CC2)C1. The zero-order chi connectivity index (χ0) is 21.8. The molecule has 0 radical (unpaired) electrons. The molecule has 0 bridgehead atoms. The molecule has 0 atom stereocenters. The van der Waals surface area contributed by atoms with E-state index in [2.05, 4.69) is 5.16 Å². The van der Waals surface area contributed by atoms with Crippen LogP contribution in [0.25, 0.3) is 0 Å². The van der Waals surface area contributed by atoms with Gasteiger partial charge in [0.25, 0.3) is 0 Å². The van der Waals surface area contributed by atoms with E-state index in [0.29, 0.717) is 24.4 Å². The summed E-state index contributed by atoms with van der Waals surface area (Å²) in [5.74, 6) is -1.10. The summed E-state index contributed by atoms with van der Waals surface area (Å²) in [7, 11) is -3.59. The van der Waals surface area contributed by atoms with Crippen molar-refractivity contribution in [2.45, 2.75) is 36.3 Å². The first-order valence-electron chi connectivity index (χ1n) is 9.22. The summed E-state index contributed by atoms with van der Waals surface area (Å²) in [6.45, 7) is 1.19. The predicted octanol–water partition coefficient (Wildman–Crippen LogP) is 2.93. The van der Waals surface area contributed by atoms with Crippen LogP contribution in [0.5, 0.6) is 0 Å². The highest BCUT2D eigenvalue weighted by Gasteiger charge is 2.45. The van der Waals surface area contributed by atoms with Gasteiger partial charge < -0.3 is 15.7 Å². The Morgan fingerprint density at radius 2 is 1.93 bits per heavy atom. The standard InChI is InChI=1S/C14H15ClN2O5S.C5H7NS/c15-10-1-3-11(4-2-10)23(20,21)17-7-5-14(6-8-17)9-12(13(18)19)16-22-14;6-4-5-2-1-3-7-5/h1-4H,5-9H2,(H,18,19);1-3H,4,6H2. The van der Waals surface area contributed by atoms with Gasteiger partial charge in [0.2, 0.25) is 10.0 Å². The van der Waals surface area contributed by atoms with Crippen LogP contribution in [0.1, 0.15) is 24.1 Å². The van der Waals surface area contributed by atoms with Crippen molar-refractivity contribution >= 4 is 44.6 Å². The minimum absolute atomic E-state index is 0.0148. The van der Waals surface area contributed by atoms with Gasteiger partial charge in [0.05, 0.1) is 4.90 Å². The summed E-state index contributed by atoms with van der Waals surface area (Å²) in [6, 6.07) is 10.1. The lowest BCUT2D eigenvalue weighted by atomic mass is 9.88. The third-order valence-electron chi connectivity index (χ3n) is 4.95. The molecule has 8 nitrogen and oxygen atoms in total. The Balaban J connectivity index is 0.000000310. The molecule has 3 N–H and O–H groups in total. The Hall–Kier alpha value is -1.98. The second-order valence-corrected chi connectivity index (χ2v) is 10.3. The monoisotopic (exact) mass is 471 g/mol. The summed E-state index contributed by atoms with van der Waals surface area (Å²) in [6.07, 6.45) is 1.01. The molecule has 2 aliphatic heterocycles. The Morgan fingerprint density at radius 1 is 1.27 bits per heavy atom. The number of sulfonamides is 1. The summed E-state index contributed by atoms with van der Waals surface area (Å²) in [4.78, 5) is 17.7. The maximum absolute atomic E-state index is 12.6. The van der Waals surface area contributed by atoms with Gasteiger partial charge in [-0.1, -0.05) is 22.8 Å². The molecule has 1 fully saturated rings. The lowest BCUT2D eigenvalue weighted by Gasteiger charge is -2.36. The maximum atomic E-state index is 12.6. The molecule has 2 aromatic rings. The zero-order valence-corrected chi connectivity index (χ0v) is 18.4. The van der Waals surface area contributed by atoms with Crippen molar-refractivity contribution in [3.63, 3.8) is 0 Å². The molecule has 3 heterocycles. The largest absolute Gasteiger partial charge is 0.477 e. The average molecular weight is 472 g/mol. The van der Waals surface area contributed by atoms with E-state index in [9.17, 15) is 13.2 Å².